The third-order valence-corrected chi connectivity index (χ3v) is 3.41. The van der Waals surface area contributed by atoms with E-state index in [9.17, 15) is 5.11 Å². The van der Waals surface area contributed by atoms with E-state index in [1.54, 1.807) is 12.4 Å². The highest BCUT2D eigenvalue weighted by molar-refractivity contribution is 5.44. The Morgan fingerprint density at radius 1 is 1.56 bits per heavy atom. The number of aliphatic hydroxyl groups is 1. The first kappa shape index (κ1) is 13.1. The first-order chi connectivity index (χ1) is 8.70. The normalized spacial score (nSPS) is 21.1. The van der Waals surface area contributed by atoms with E-state index >= 15 is 0 Å². The summed E-state index contributed by atoms with van der Waals surface area (Å²) >= 11 is 0. The lowest BCUT2D eigenvalue weighted by molar-refractivity contribution is 0.136. The minimum Gasteiger partial charge on any atom is -0.393 e. The highest BCUT2D eigenvalue weighted by Crippen LogP contribution is 2.24. The Morgan fingerprint density at radius 2 is 2.39 bits per heavy atom. The summed E-state index contributed by atoms with van der Waals surface area (Å²) in [6.07, 6.45) is 5.39. The second-order valence-corrected chi connectivity index (χ2v) is 4.92. The molecule has 0 spiro atoms. The molecule has 2 unspecified atom stereocenters. The molecule has 2 atom stereocenters. The molecule has 0 aliphatic carbocycles. The van der Waals surface area contributed by atoms with Crippen molar-refractivity contribution >= 4 is 11.6 Å². The van der Waals surface area contributed by atoms with Gasteiger partial charge in [0.15, 0.2) is 0 Å². The Kier molecular flexibility index (Phi) is 4.36. The van der Waals surface area contributed by atoms with Crippen LogP contribution in [0.1, 0.15) is 26.7 Å². The fourth-order valence-electron chi connectivity index (χ4n) is 2.24. The first-order valence-electron chi connectivity index (χ1n) is 6.69. The molecule has 2 heterocycles. The van der Waals surface area contributed by atoms with E-state index in [0.717, 1.165) is 44.1 Å². The number of nitrogens with one attached hydrogen (secondary N) is 1. The van der Waals surface area contributed by atoms with Crippen LogP contribution < -0.4 is 10.2 Å². The zero-order chi connectivity index (χ0) is 13.0. The summed E-state index contributed by atoms with van der Waals surface area (Å²) in [5.41, 5.74) is 0. The summed E-state index contributed by atoms with van der Waals surface area (Å²) in [5, 5.41) is 12.9. The number of anilines is 2. The molecule has 1 aliphatic heterocycles. The van der Waals surface area contributed by atoms with E-state index in [2.05, 4.69) is 27.1 Å². The molecule has 0 radical (unpaired) electrons. The van der Waals surface area contributed by atoms with Gasteiger partial charge < -0.3 is 15.3 Å². The van der Waals surface area contributed by atoms with E-state index in [4.69, 9.17) is 0 Å². The largest absolute Gasteiger partial charge is 0.393 e. The number of aliphatic hydroxyl groups excluding tert-OH is 1. The number of nitrogens with zero attached hydrogens (tertiary/aromatic N) is 3. The molecular formula is C13H22N4O. The van der Waals surface area contributed by atoms with Crippen LogP contribution in [0.5, 0.6) is 0 Å². The van der Waals surface area contributed by atoms with Crippen molar-refractivity contribution in [2.45, 2.75) is 32.8 Å². The fourth-order valence-corrected chi connectivity index (χ4v) is 2.24. The van der Waals surface area contributed by atoms with Crippen LogP contribution in [0.3, 0.4) is 0 Å². The van der Waals surface area contributed by atoms with Gasteiger partial charge in [0.25, 0.3) is 0 Å². The SMILES string of the molecule is CCCNc1cncc(N2CCC(C(C)O)C2)n1. The molecule has 1 saturated heterocycles. The van der Waals surface area contributed by atoms with Crippen molar-refractivity contribution in [2.24, 2.45) is 5.92 Å². The molecular weight excluding hydrogens is 228 g/mol. The summed E-state index contributed by atoms with van der Waals surface area (Å²) in [7, 11) is 0. The number of aromatic nitrogens is 2. The zero-order valence-corrected chi connectivity index (χ0v) is 11.1. The third kappa shape index (κ3) is 3.10. The highest BCUT2D eigenvalue weighted by Gasteiger charge is 2.26. The van der Waals surface area contributed by atoms with Gasteiger partial charge in [-0.05, 0) is 19.8 Å². The van der Waals surface area contributed by atoms with Crippen molar-refractivity contribution in [2.75, 3.05) is 29.9 Å². The average Bonchev–Trinajstić information content (AvgIpc) is 2.86. The van der Waals surface area contributed by atoms with Crippen LogP contribution in [-0.2, 0) is 0 Å². The van der Waals surface area contributed by atoms with Crippen LogP contribution in [0.4, 0.5) is 11.6 Å². The molecule has 1 aliphatic rings. The fraction of sp³-hybridized carbons (Fsp3) is 0.692. The van der Waals surface area contributed by atoms with Gasteiger partial charge in [0, 0.05) is 25.6 Å². The maximum absolute atomic E-state index is 9.61. The highest BCUT2D eigenvalue weighted by atomic mass is 16.3. The van der Waals surface area contributed by atoms with Crippen LogP contribution in [0.15, 0.2) is 12.4 Å². The van der Waals surface area contributed by atoms with Crippen molar-refractivity contribution in [3.8, 4) is 0 Å². The van der Waals surface area contributed by atoms with Gasteiger partial charge in [-0.25, -0.2) is 4.98 Å². The Hall–Kier alpha value is -1.36. The summed E-state index contributed by atoms with van der Waals surface area (Å²) in [6.45, 7) is 6.70. The zero-order valence-electron chi connectivity index (χ0n) is 11.1. The van der Waals surface area contributed by atoms with Gasteiger partial charge >= 0.3 is 0 Å². The van der Waals surface area contributed by atoms with Crippen LogP contribution in [-0.4, -0.2) is 40.8 Å². The van der Waals surface area contributed by atoms with Gasteiger partial charge in [-0.2, -0.15) is 0 Å². The molecule has 100 valence electrons. The van der Waals surface area contributed by atoms with E-state index in [-0.39, 0.29) is 6.10 Å². The molecule has 1 fully saturated rings. The standard InChI is InChI=1S/C13H22N4O/c1-3-5-15-12-7-14-8-13(16-12)17-6-4-11(9-17)10(2)18/h7-8,10-11,18H,3-6,9H2,1-2H3,(H,15,16). The maximum atomic E-state index is 9.61. The van der Waals surface area contributed by atoms with Crippen molar-refractivity contribution in [1.29, 1.82) is 0 Å². The Balaban J connectivity index is 2.01. The van der Waals surface area contributed by atoms with Gasteiger partial charge in [0.2, 0.25) is 0 Å². The summed E-state index contributed by atoms with van der Waals surface area (Å²) < 4.78 is 0. The lowest BCUT2D eigenvalue weighted by atomic mass is 10.0. The maximum Gasteiger partial charge on any atom is 0.149 e. The van der Waals surface area contributed by atoms with E-state index in [0.29, 0.717) is 5.92 Å². The second-order valence-electron chi connectivity index (χ2n) is 4.92. The minimum atomic E-state index is -0.246. The first-order valence-corrected chi connectivity index (χ1v) is 6.69. The molecule has 5 heteroatoms. The smallest absolute Gasteiger partial charge is 0.149 e. The van der Waals surface area contributed by atoms with Gasteiger partial charge in [0.1, 0.15) is 11.6 Å². The predicted octanol–water partition coefficient (Wildman–Crippen LogP) is 1.51. The second kappa shape index (κ2) is 6.00. The van der Waals surface area contributed by atoms with Crippen molar-refractivity contribution < 1.29 is 5.11 Å². The monoisotopic (exact) mass is 250 g/mol. The molecule has 1 aromatic rings. The quantitative estimate of drug-likeness (QED) is 0.829. The van der Waals surface area contributed by atoms with Gasteiger partial charge in [-0.15, -0.1) is 0 Å². The molecule has 18 heavy (non-hydrogen) atoms. The summed E-state index contributed by atoms with van der Waals surface area (Å²) in [5.74, 6) is 2.08. The van der Waals surface area contributed by atoms with Crippen LogP contribution >= 0.6 is 0 Å². The molecule has 5 nitrogen and oxygen atoms in total. The van der Waals surface area contributed by atoms with Crippen LogP contribution in [0.2, 0.25) is 0 Å². The van der Waals surface area contributed by atoms with Gasteiger partial charge in [0.05, 0.1) is 18.5 Å². The average molecular weight is 250 g/mol. The predicted molar refractivity (Wildman–Crippen MR) is 72.8 cm³/mol. The molecule has 0 bridgehead atoms. The number of hydrogen-bond donors (Lipinski definition) is 2. The molecule has 0 aromatic carbocycles. The molecule has 2 N–H and O–H groups in total. The van der Waals surface area contributed by atoms with Crippen molar-refractivity contribution in [3.05, 3.63) is 12.4 Å². The lowest BCUT2D eigenvalue weighted by Gasteiger charge is -2.18. The van der Waals surface area contributed by atoms with Crippen molar-refractivity contribution in [1.82, 2.24) is 9.97 Å². The molecule has 0 saturated carbocycles. The Morgan fingerprint density at radius 3 is 3.06 bits per heavy atom. The van der Waals surface area contributed by atoms with E-state index in [1.165, 1.54) is 0 Å². The van der Waals surface area contributed by atoms with Crippen LogP contribution in [0.25, 0.3) is 0 Å². The van der Waals surface area contributed by atoms with Crippen molar-refractivity contribution in [3.63, 3.8) is 0 Å². The Labute approximate surface area is 108 Å². The van der Waals surface area contributed by atoms with Gasteiger partial charge in [-0.1, -0.05) is 6.92 Å². The number of hydrogen-bond acceptors (Lipinski definition) is 5. The van der Waals surface area contributed by atoms with Crippen LogP contribution in [0, 0.1) is 5.92 Å². The summed E-state index contributed by atoms with van der Waals surface area (Å²) in [6, 6.07) is 0. The topological polar surface area (TPSA) is 61.3 Å². The molecule has 1 aromatic heterocycles. The van der Waals surface area contributed by atoms with Gasteiger partial charge in [-0.3, -0.25) is 4.98 Å². The molecule has 2 rings (SSSR count). The minimum absolute atomic E-state index is 0.246. The molecule has 0 amide bonds. The van der Waals surface area contributed by atoms with E-state index in [1.807, 2.05) is 6.92 Å². The number of rotatable bonds is 5. The van der Waals surface area contributed by atoms with E-state index < -0.39 is 0 Å². The summed E-state index contributed by atoms with van der Waals surface area (Å²) in [4.78, 5) is 11.0. The lowest BCUT2D eigenvalue weighted by Crippen LogP contribution is -2.24. The third-order valence-electron chi connectivity index (χ3n) is 3.41. The Bertz CT molecular complexity index is 383.